The van der Waals surface area contributed by atoms with Gasteiger partial charge in [-0.15, -0.1) is 0 Å². The van der Waals surface area contributed by atoms with Crippen molar-refractivity contribution in [3.63, 3.8) is 0 Å². The summed E-state index contributed by atoms with van der Waals surface area (Å²) < 4.78 is 1.70. The molecule has 1 aliphatic rings. The number of hydrogen-bond donors (Lipinski definition) is 2. The van der Waals surface area contributed by atoms with Crippen LogP contribution < -0.4 is 11.1 Å². The Bertz CT molecular complexity index is 1410. The Labute approximate surface area is 199 Å². The number of aromatic nitrogens is 3. The summed E-state index contributed by atoms with van der Waals surface area (Å²) in [6, 6.07) is 14.4. The highest BCUT2D eigenvalue weighted by Gasteiger charge is 2.28. The molecule has 0 bridgehead atoms. The molecule has 0 spiro atoms. The summed E-state index contributed by atoms with van der Waals surface area (Å²) in [5.41, 5.74) is 11.0. The fraction of sp³-hybridized carbons (Fsp3) is 0.0833. The number of amides is 2. The summed E-state index contributed by atoms with van der Waals surface area (Å²) in [6.45, 7) is 0. The molecule has 164 valence electrons. The zero-order chi connectivity index (χ0) is 23.1. The Morgan fingerprint density at radius 3 is 2.55 bits per heavy atom. The topological polar surface area (TPSA) is 103 Å². The van der Waals surface area contributed by atoms with Crippen LogP contribution in [0.5, 0.6) is 0 Å². The van der Waals surface area contributed by atoms with E-state index in [0.29, 0.717) is 22.2 Å². The Hall–Kier alpha value is -3.68. The smallest absolute Gasteiger partial charge is 0.269 e. The number of aryl methyl sites for hydroxylation is 1. The number of pyridine rings is 1. The van der Waals surface area contributed by atoms with Crippen LogP contribution in [-0.2, 0) is 12.8 Å². The van der Waals surface area contributed by atoms with Crippen LogP contribution in [0.25, 0.3) is 16.9 Å². The molecule has 2 aromatic heterocycles. The number of nitrogens with zero attached hydrogens (tertiary/aromatic N) is 3. The predicted molar refractivity (Wildman–Crippen MR) is 127 cm³/mol. The average molecular weight is 478 g/mol. The standard InChI is InChI=1S/C24H17Cl2N5O2/c25-14-3-6-16(7-4-14)31-22-17(21(30-31)23(27)32)8-2-13-1-5-15(11-18(13)22)29-24(33)19-12-28-10-9-20(19)26/h1,3-7,9-12H,2,8H2,(H2,27,32)(H,29,33). The molecule has 2 heterocycles. The van der Waals surface area contributed by atoms with Crippen LogP contribution in [-0.4, -0.2) is 26.6 Å². The number of primary amides is 1. The van der Waals surface area contributed by atoms with Gasteiger partial charge in [0.25, 0.3) is 11.8 Å². The van der Waals surface area contributed by atoms with Crippen molar-refractivity contribution in [1.82, 2.24) is 14.8 Å². The van der Waals surface area contributed by atoms with E-state index >= 15 is 0 Å². The van der Waals surface area contributed by atoms with Crippen molar-refractivity contribution in [2.75, 3.05) is 5.32 Å². The van der Waals surface area contributed by atoms with Gasteiger partial charge in [0.2, 0.25) is 0 Å². The number of nitrogens with two attached hydrogens (primary N) is 1. The van der Waals surface area contributed by atoms with Crippen LogP contribution in [0, 0.1) is 0 Å². The van der Waals surface area contributed by atoms with Gasteiger partial charge in [-0.1, -0.05) is 29.3 Å². The van der Waals surface area contributed by atoms with Gasteiger partial charge in [0.1, 0.15) is 0 Å². The van der Waals surface area contributed by atoms with Gasteiger partial charge in [0.05, 0.1) is 22.0 Å². The Morgan fingerprint density at radius 2 is 1.82 bits per heavy atom. The van der Waals surface area contributed by atoms with E-state index in [1.54, 1.807) is 22.9 Å². The van der Waals surface area contributed by atoms with Gasteiger partial charge in [-0.25, -0.2) is 4.68 Å². The minimum Gasteiger partial charge on any atom is -0.364 e. The van der Waals surface area contributed by atoms with Crippen LogP contribution in [0.15, 0.2) is 60.9 Å². The number of carbonyl (C=O) groups excluding carboxylic acids is 2. The molecular formula is C24H17Cl2N5O2. The minimum atomic E-state index is -0.585. The number of nitrogens with one attached hydrogen (secondary N) is 1. The van der Waals surface area contributed by atoms with Crippen molar-refractivity contribution in [3.05, 3.63) is 93.4 Å². The lowest BCUT2D eigenvalue weighted by Gasteiger charge is -2.20. The fourth-order valence-electron chi connectivity index (χ4n) is 4.03. The first-order valence-electron chi connectivity index (χ1n) is 10.1. The molecule has 9 heteroatoms. The Balaban J connectivity index is 1.61. The van der Waals surface area contributed by atoms with E-state index in [0.717, 1.165) is 34.5 Å². The monoisotopic (exact) mass is 477 g/mol. The molecule has 0 saturated heterocycles. The number of anilines is 1. The van der Waals surface area contributed by atoms with Gasteiger partial charge >= 0.3 is 0 Å². The van der Waals surface area contributed by atoms with Crippen molar-refractivity contribution in [2.45, 2.75) is 12.8 Å². The lowest BCUT2D eigenvalue weighted by Crippen LogP contribution is -2.16. The third-order valence-electron chi connectivity index (χ3n) is 5.57. The first kappa shape index (κ1) is 21.2. The minimum absolute atomic E-state index is 0.238. The van der Waals surface area contributed by atoms with E-state index in [1.807, 2.05) is 30.3 Å². The second-order valence-corrected chi connectivity index (χ2v) is 8.45. The summed E-state index contributed by atoms with van der Waals surface area (Å²) in [5, 5.41) is 8.31. The SMILES string of the molecule is NC(=O)c1nn(-c2ccc(Cl)cc2)c2c1CCc1ccc(NC(=O)c3cnccc3Cl)cc1-2. The zero-order valence-corrected chi connectivity index (χ0v) is 18.7. The van der Waals surface area contributed by atoms with Gasteiger partial charge in [-0.3, -0.25) is 14.6 Å². The number of rotatable bonds is 4. The highest BCUT2D eigenvalue weighted by atomic mass is 35.5. The van der Waals surface area contributed by atoms with E-state index in [4.69, 9.17) is 28.9 Å². The van der Waals surface area contributed by atoms with Crippen molar-refractivity contribution in [2.24, 2.45) is 5.73 Å². The molecule has 0 atom stereocenters. The largest absolute Gasteiger partial charge is 0.364 e. The molecule has 7 nitrogen and oxygen atoms in total. The van der Waals surface area contributed by atoms with E-state index in [1.165, 1.54) is 12.4 Å². The molecule has 2 aromatic carbocycles. The summed E-state index contributed by atoms with van der Waals surface area (Å²) in [5.74, 6) is -0.953. The summed E-state index contributed by atoms with van der Waals surface area (Å²) in [7, 11) is 0. The van der Waals surface area contributed by atoms with Gasteiger partial charge < -0.3 is 11.1 Å². The first-order valence-corrected chi connectivity index (χ1v) is 10.9. The first-order chi connectivity index (χ1) is 15.9. The van der Waals surface area contributed by atoms with E-state index in [9.17, 15) is 9.59 Å². The van der Waals surface area contributed by atoms with Crippen LogP contribution in [0.1, 0.15) is 32.0 Å². The van der Waals surface area contributed by atoms with Crippen molar-refractivity contribution in [3.8, 4) is 16.9 Å². The van der Waals surface area contributed by atoms with Crippen LogP contribution in [0.3, 0.4) is 0 Å². The number of carbonyl (C=O) groups is 2. The van der Waals surface area contributed by atoms with Gasteiger partial charge in [-0.05, 0) is 60.9 Å². The zero-order valence-electron chi connectivity index (χ0n) is 17.2. The van der Waals surface area contributed by atoms with Crippen LogP contribution >= 0.6 is 23.2 Å². The fourth-order valence-corrected chi connectivity index (χ4v) is 4.34. The maximum atomic E-state index is 12.7. The van der Waals surface area contributed by atoms with Gasteiger partial charge in [0.15, 0.2) is 5.69 Å². The normalized spacial score (nSPS) is 12.1. The second kappa shape index (κ2) is 8.35. The second-order valence-electron chi connectivity index (χ2n) is 7.61. The molecule has 0 saturated carbocycles. The molecular weight excluding hydrogens is 461 g/mol. The number of fused-ring (bicyclic) bond motifs is 3. The van der Waals surface area contributed by atoms with Crippen molar-refractivity contribution < 1.29 is 9.59 Å². The number of hydrogen-bond acceptors (Lipinski definition) is 4. The molecule has 5 rings (SSSR count). The average Bonchev–Trinajstić information content (AvgIpc) is 3.20. The molecule has 4 aromatic rings. The molecule has 3 N–H and O–H groups in total. The Kier molecular flexibility index (Phi) is 5.36. The third kappa shape index (κ3) is 3.86. The van der Waals surface area contributed by atoms with E-state index < -0.39 is 5.91 Å². The molecule has 0 aliphatic heterocycles. The van der Waals surface area contributed by atoms with E-state index in [2.05, 4.69) is 15.4 Å². The van der Waals surface area contributed by atoms with Gasteiger partial charge in [0, 0.05) is 34.2 Å². The highest BCUT2D eigenvalue weighted by Crippen LogP contribution is 2.38. The molecule has 0 radical (unpaired) electrons. The summed E-state index contributed by atoms with van der Waals surface area (Å²) >= 11 is 12.2. The van der Waals surface area contributed by atoms with Crippen molar-refractivity contribution in [1.29, 1.82) is 0 Å². The predicted octanol–water partition coefficient (Wildman–Crippen LogP) is 4.69. The maximum absolute atomic E-state index is 12.7. The lowest BCUT2D eigenvalue weighted by molar-refractivity contribution is 0.0992. The lowest BCUT2D eigenvalue weighted by atomic mass is 9.88. The quantitative estimate of drug-likeness (QED) is 0.444. The number of halogens is 2. The van der Waals surface area contributed by atoms with Crippen LogP contribution in [0.2, 0.25) is 10.0 Å². The molecule has 0 unspecified atom stereocenters. The third-order valence-corrected chi connectivity index (χ3v) is 6.15. The highest BCUT2D eigenvalue weighted by molar-refractivity contribution is 6.34. The van der Waals surface area contributed by atoms with E-state index in [-0.39, 0.29) is 17.2 Å². The number of benzene rings is 2. The Morgan fingerprint density at radius 1 is 1.03 bits per heavy atom. The maximum Gasteiger partial charge on any atom is 0.269 e. The van der Waals surface area contributed by atoms with Crippen LogP contribution in [0.4, 0.5) is 5.69 Å². The van der Waals surface area contributed by atoms with Crippen molar-refractivity contribution >= 4 is 40.7 Å². The summed E-state index contributed by atoms with van der Waals surface area (Å²) in [4.78, 5) is 28.8. The van der Waals surface area contributed by atoms with Gasteiger partial charge in [-0.2, -0.15) is 5.10 Å². The molecule has 2 amide bonds. The molecule has 0 fully saturated rings. The molecule has 33 heavy (non-hydrogen) atoms. The summed E-state index contributed by atoms with van der Waals surface area (Å²) in [6.07, 6.45) is 4.29. The molecule has 1 aliphatic carbocycles.